The van der Waals surface area contributed by atoms with Crippen molar-refractivity contribution in [2.45, 2.75) is 6.92 Å². The van der Waals surface area contributed by atoms with E-state index < -0.39 is 0 Å². The van der Waals surface area contributed by atoms with Crippen molar-refractivity contribution in [2.75, 3.05) is 0 Å². The first kappa shape index (κ1) is 10.2. The smallest absolute Gasteiger partial charge is 0.344 e. The number of fused-ring (bicyclic) bond motifs is 1. The third-order valence-electron chi connectivity index (χ3n) is 2.76. The molecule has 3 nitrogen and oxygen atoms in total. The Hall–Kier alpha value is -1.94. The maximum absolute atomic E-state index is 12.1. The molecule has 0 spiro atoms. The third-order valence-corrected chi connectivity index (χ3v) is 3.62. The van der Waals surface area contributed by atoms with Crippen molar-refractivity contribution in [1.29, 1.82) is 0 Å². The summed E-state index contributed by atoms with van der Waals surface area (Å²) in [4.78, 5) is 5.34. The van der Waals surface area contributed by atoms with Crippen LogP contribution in [0.15, 0.2) is 41.8 Å². The highest BCUT2D eigenvalue weighted by Gasteiger charge is 2.17. The van der Waals surface area contributed by atoms with Crippen LogP contribution in [0.2, 0.25) is 0 Å². The average molecular weight is 242 g/mol. The van der Waals surface area contributed by atoms with Crippen molar-refractivity contribution < 1.29 is 4.73 Å². The highest BCUT2D eigenvalue weighted by molar-refractivity contribution is 7.13. The average Bonchev–Trinajstić information content (AvgIpc) is 2.87. The van der Waals surface area contributed by atoms with Crippen LogP contribution in [-0.2, 0) is 0 Å². The van der Waals surface area contributed by atoms with Gasteiger partial charge in [0.1, 0.15) is 10.6 Å². The number of hydrogen-bond donors (Lipinski definition) is 0. The largest absolute Gasteiger partial charge is 0.710 e. The molecule has 2 heterocycles. The molecule has 0 radical (unpaired) electrons. The van der Waals surface area contributed by atoms with E-state index in [0.717, 1.165) is 20.5 Å². The minimum atomic E-state index is 0.483. The Kier molecular flexibility index (Phi) is 2.30. The van der Waals surface area contributed by atoms with Crippen LogP contribution >= 0.6 is 11.3 Å². The number of thiophene rings is 1. The van der Waals surface area contributed by atoms with Crippen LogP contribution in [0.4, 0.5) is 0 Å². The first-order valence-electron chi connectivity index (χ1n) is 5.30. The minimum Gasteiger partial charge on any atom is -0.710 e. The molecule has 84 valence electrons. The van der Waals surface area contributed by atoms with Gasteiger partial charge in [-0.15, -0.1) is 11.3 Å². The number of aromatic nitrogens is 2. The number of benzene rings is 1. The topological polar surface area (TPSA) is 39.8 Å². The van der Waals surface area contributed by atoms with E-state index in [1.807, 2.05) is 48.7 Å². The molecule has 2 aromatic heterocycles. The van der Waals surface area contributed by atoms with E-state index in [1.54, 1.807) is 0 Å². The first-order chi connectivity index (χ1) is 8.27. The fourth-order valence-electron chi connectivity index (χ4n) is 1.87. The quantitative estimate of drug-likeness (QED) is 0.486. The molecule has 0 aliphatic carbocycles. The molecule has 1 aromatic carbocycles. The lowest BCUT2D eigenvalue weighted by Gasteiger charge is -2.09. The summed E-state index contributed by atoms with van der Waals surface area (Å²) in [6, 6.07) is 11.5. The lowest BCUT2D eigenvalue weighted by atomic mass is 10.2. The van der Waals surface area contributed by atoms with Crippen LogP contribution in [0.5, 0.6) is 0 Å². The Bertz CT molecular complexity index is 677. The Morgan fingerprint density at radius 2 is 2.00 bits per heavy atom. The van der Waals surface area contributed by atoms with E-state index in [2.05, 4.69) is 4.98 Å². The molecule has 0 aliphatic heterocycles. The first-order valence-corrected chi connectivity index (χ1v) is 6.18. The number of para-hydroxylation sites is 1. The Labute approximate surface area is 103 Å². The lowest BCUT2D eigenvalue weighted by Crippen LogP contribution is -2.34. The molecular weight excluding hydrogens is 232 g/mol. The van der Waals surface area contributed by atoms with Crippen molar-refractivity contribution >= 4 is 22.2 Å². The second kappa shape index (κ2) is 3.82. The highest BCUT2D eigenvalue weighted by Crippen LogP contribution is 2.23. The summed E-state index contributed by atoms with van der Waals surface area (Å²) >= 11 is 1.52. The van der Waals surface area contributed by atoms with Crippen LogP contribution < -0.4 is 4.73 Å². The van der Waals surface area contributed by atoms with E-state index in [0.29, 0.717) is 11.5 Å². The third kappa shape index (κ3) is 1.57. The zero-order chi connectivity index (χ0) is 11.8. The second-order valence-electron chi connectivity index (χ2n) is 3.81. The number of nitrogens with zero attached hydrogens (tertiary/aromatic N) is 2. The summed E-state index contributed by atoms with van der Waals surface area (Å²) in [6.45, 7) is 1.83. The fraction of sp³-hybridized carbons (Fsp3) is 0.0769. The molecule has 0 atom stereocenters. The normalized spacial score (nSPS) is 10.9. The van der Waals surface area contributed by atoms with Crippen molar-refractivity contribution in [2.24, 2.45) is 0 Å². The van der Waals surface area contributed by atoms with Crippen molar-refractivity contribution in [3.8, 4) is 10.7 Å². The Morgan fingerprint density at radius 3 is 2.76 bits per heavy atom. The standard InChI is InChI=1S/C13H10N2OS/c1-9-10-5-2-3-6-11(10)14-13(15(9)16)12-7-4-8-17-12/h2-8H,1H3. The zero-order valence-electron chi connectivity index (χ0n) is 9.25. The minimum absolute atomic E-state index is 0.483. The van der Waals surface area contributed by atoms with Gasteiger partial charge in [0.25, 0.3) is 0 Å². The molecule has 3 rings (SSSR count). The van der Waals surface area contributed by atoms with Gasteiger partial charge in [0.05, 0.1) is 5.39 Å². The van der Waals surface area contributed by atoms with Gasteiger partial charge in [-0.2, -0.15) is 0 Å². The van der Waals surface area contributed by atoms with Gasteiger partial charge >= 0.3 is 5.82 Å². The van der Waals surface area contributed by atoms with E-state index >= 15 is 0 Å². The van der Waals surface area contributed by atoms with Gasteiger partial charge in [-0.25, -0.2) is 4.73 Å². The molecule has 0 saturated heterocycles. The lowest BCUT2D eigenvalue weighted by molar-refractivity contribution is -0.601. The van der Waals surface area contributed by atoms with Crippen LogP contribution in [0.25, 0.3) is 21.6 Å². The summed E-state index contributed by atoms with van der Waals surface area (Å²) < 4.78 is 0.911. The predicted octanol–water partition coefficient (Wildman–Crippen LogP) is 2.91. The number of hydrogen-bond acceptors (Lipinski definition) is 3. The van der Waals surface area contributed by atoms with Gasteiger partial charge in [0.15, 0.2) is 5.52 Å². The summed E-state index contributed by atoms with van der Waals surface area (Å²) in [5, 5.41) is 15.0. The second-order valence-corrected chi connectivity index (χ2v) is 4.76. The molecule has 4 heteroatoms. The predicted molar refractivity (Wildman–Crippen MR) is 68.8 cm³/mol. The molecule has 0 amide bonds. The van der Waals surface area contributed by atoms with Gasteiger partial charge < -0.3 is 5.21 Å². The molecular formula is C13H10N2OS. The summed E-state index contributed by atoms with van der Waals surface area (Å²) in [7, 11) is 0. The summed E-state index contributed by atoms with van der Waals surface area (Å²) in [5.41, 5.74) is 1.56. The molecule has 0 saturated carbocycles. The fourth-order valence-corrected chi connectivity index (χ4v) is 2.56. The van der Waals surface area contributed by atoms with Gasteiger partial charge in [0.2, 0.25) is 0 Å². The van der Waals surface area contributed by atoms with Gasteiger partial charge in [-0.1, -0.05) is 18.2 Å². The van der Waals surface area contributed by atoms with Crippen molar-refractivity contribution in [1.82, 2.24) is 4.98 Å². The molecule has 0 fully saturated rings. The molecule has 0 unspecified atom stereocenters. The maximum Gasteiger partial charge on any atom is 0.344 e. The van der Waals surface area contributed by atoms with E-state index in [1.165, 1.54) is 11.3 Å². The van der Waals surface area contributed by atoms with Crippen LogP contribution in [0.3, 0.4) is 0 Å². The number of aryl methyl sites for hydroxylation is 1. The molecule has 0 bridgehead atoms. The van der Waals surface area contributed by atoms with Crippen LogP contribution in [0.1, 0.15) is 5.69 Å². The van der Waals surface area contributed by atoms with Gasteiger partial charge in [0, 0.05) is 0 Å². The monoisotopic (exact) mass is 242 g/mol. The Morgan fingerprint density at radius 1 is 1.18 bits per heavy atom. The van der Waals surface area contributed by atoms with Crippen molar-refractivity contribution in [3.05, 3.63) is 52.7 Å². The van der Waals surface area contributed by atoms with Crippen LogP contribution in [0, 0.1) is 12.1 Å². The molecule has 0 N–H and O–H groups in total. The van der Waals surface area contributed by atoms with Crippen molar-refractivity contribution in [3.63, 3.8) is 0 Å². The van der Waals surface area contributed by atoms with Crippen LogP contribution in [-0.4, -0.2) is 4.98 Å². The molecule has 17 heavy (non-hydrogen) atoms. The Balaban J connectivity index is 2.37. The molecule has 0 aliphatic rings. The summed E-state index contributed by atoms with van der Waals surface area (Å²) in [5.74, 6) is 0.483. The van der Waals surface area contributed by atoms with Gasteiger partial charge in [-0.05, 0) is 35.5 Å². The van der Waals surface area contributed by atoms with E-state index in [9.17, 15) is 5.21 Å². The maximum atomic E-state index is 12.1. The van der Waals surface area contributed by atoms with E-state index in [4.69, 9.17) is 0 Å². The zero-order valence-corrected chi connectivity index (χ0v) is 10.1. The van der Waals surface area contributed by atoms with E-state index in [-0.39, 0.29) is 0 Å². The molecule has 3 aromatic rings. The SMILES string of the molecule is Cc1c2ccccc2nc(-c2cccs2)[n+]1[O-]. The van der Waals surface area contributed by atoms with Gasteiger partial charge in [-0.3, -0.25) is 0 Å². The highest BCUT2D eigenvalue weighted by atomic mass is 32.1. The number of rotatable bonds is 1. The summed E-state index contributed by atoms with van der Waals surface area (Å²) in [6.07, 6.45) is 0.